The Balaban J connectivity index is 1.26. The van der Waals surface area contributed by atoms with Crippen molar-refractivity contribution in [1.82, 2.24) is 10.1 Å². The van der Waals surface area contributed by atoms with Gasteiger partial charge in [-0.15, -0.1) is 11.3 Å². The monoisotopic (exact) mass is 605 g/mol. The van der Waals surface area contributed by atoms with E-state index in [1.807, 2.05) is 12.1 Å². The topological polar surface area (TPSA) is 132 Å². The molecule has 8 nitrogen and oxygen atoms in total. The molecule has 6 rings (SSSR count). The molecular formula is C28H27F3N3O5PS. The molecule has 4 aromatic rings. The average molecular weight is 606 g/mol. The van der Waals surface area contributed by atoms with Gasteiger partial charge in [-0.3, -0.25) is 4.52 Å². The van der Waals surface area contributed by atoms with Gasteiger partial charge in [-0.2, -0.15) is 13.2 Å². The van der Waals surface area contributed by atoms with E-state index in [1.54, 1.807) is 30.3 Å². The highest BCUT2D eigenvalue weighted by atomic mass is 32.1. The molecule has 0 saturated heterocycles. The minimum absolute atomic E-state index is 0.109. The zero-order valence-corrected chi connectivity index (χ0v) is 23.4. The number of nitrogens with zero attached hydrogens (tertiary/aromatic N) is 2. The number of aromatic nitrogens is 2. The molecule has 2 aliphatic carbocycles. The molecule has 0 spiro atoms. The van der Waals surface area contributed by atoms with Gasteiger partial charge in [-0.05, 0) is 61.1 Å². The number of fused-ring (bicyclic) bond motifs is 3. The first-order valence-corrected chi connectivity index (χ1v) is 15.5. The van der Waals surface area contributed by atoms with Crippen LogP contribution in [0.2, 0.25) is 0 Å². The number of rotatable bonds is 7. The summed E-state index contributed by atoms with van der Waals surface area (Å²) in [6.07, 6.45) is -0.813. The van der Waals surface area contributed by atoms with Gasteiger partial charge in [0.15, 0.2) is 5.01 Å². The van der Waals surface area contributed by atoms with E-state index in [9.17, 15) is 17.7 Å². The molecule has 2 aromatic carbocycles. The SMILES string of the molecule is NC1(CCOP(=O)(O)O)CCC(c2ccc3c(c2)CCc2nc(-c4onc(-c5ccccc5)c4C(F)(F)F)sc2-3)C1. The number of thiazole rings is 1. The summed E-state index contributed by atoms with van der Waals surface area (Å²) in [6.45, 7) is -0.109. The summed E-state index contributed by atoms with van der Waals surface area (Å²) in [4.78, 5) is 23.3. The summed E-state index contributed by atoms with van der Waals surface area (Å²) in [5, 5.41) is 3.94. The van der Waals surface area contributed by atoms with Crippen LogP contribution in [0.1, 0.15) is 54.0 Å². The van der Waals surface area contributed by atoms with Crippen molar-refractivity contribution in [2.75, 3.05) is 6.61 Å². The fourth-order valence-electron chi connectivity index (χ4n) is 5.91. The third kappa shape index (κ3) is 5.77. The predicted octanol–water partition coefficient (Wildman–Crippen LogP) is 6.71. The van der Waals surface area contributed by atoms with Crippen molar-refractivity contribution in [1.29, 1.82) is 0 Å². The van der Waals surface area contributed by atoms with Crippen LogP contribution in [-0.2, 0) is 28.1 Å². The van der Waals surface area contributed by atoms with E-state index in [4.69, 9.17) is 20.0 Å². The van der Waals surface area contributed by atoms with E-state index in [0.29, 0.717) is 37.7 Å². The van der Waals surface area contributed by atoms with Crippen molar-refractivity contribution in [2.24, 2.45) is 5.73 Å². The van der Waals surface area contributed by atoms with Gasteiger partial charge >= 0.3 is 14.0 Å². The Morgan fingerprint density at radius 1 is 1.17 bits per heavy atom. The first-order chi connectivity index (χ1) is 19.4. The van der Waals surface area contributed by atoms with Crippen LogP contribution in [-0.4, -0.2) is 32.1 Å². The Morgan fingerprint density at radius 3 is 2.68 bits per heavy atom. The molecule has 13 heteroatoms. The Morgan fingerprint density at radius 2 is 1.95 bits per heavy atom. The molecule has 0 amide bonds. The number of hydrogen-bond acceptors (Lipinski definition) is 7. The Bertz CT molecular complexity index is 1630. The Kier molecular flexibility index (Phi) is 7.20. The quantitative estimate of drug-likeness (QED) is 0.198. The van der Waals surface area contributed by atoms with Gasteiger partial charge in [-0.25, -0.2) is 9.55 Å². The maximum atomic E-state index is 14.2. The average Bonchev–Trinajstić information content (AvgIpc) is 3.64. The van der Waals surface area contributed by atoms with Gasteiger partial charge in [0.25, 0.3) is 0 Å². The molecule has 1 saturated carbocycles. The molecule has 0 bridgehead atoms. The standard InChI is InChI=1S/C28H27F3N3O5PS/c29-28(30,31)22-23(16-4-2-1-3-5-16)34-39-24(22)26-33-21-9-7-18-14-17(6-8-20(18)25(21)41-26)19-10-11-27(32,15-19)12-13-38-40(35,36)37/h1-6,8,14,19H,7,9-13,15,32H2,(H2,35,36,37). The fourth-order valence-corrected chi connectivity index (χ4v) is 7.39. The second-order valence-electron chi connectivity index (χ2n) is 10.7. The van der Waals surface area contributed by atoms with Crippen LogP contribution in [0.4, 0.5) is 13.2 Å². The van der Waals surface area contributed by atoms with Crippen LogP contribution in [0.3, 0.4) is 0 Å². The van der Waals surface area contributed by atoms with Crippen LogP contribution in [0.5, 0.6) is 0 Å². The van der Waals surface area contributed by atoms with E-state index < -0.39 is 25.1 Å². The van der Waals surface area contributed by atoms with Gasteiger partial charge in [-0.1, -0.05) is 53.7 Å². The molecule has 2 unspecified atom stereocenters. The second-order valence-corrected chi connectivity index (χ2v) is 12.9. The predicted molar refractivity (Wildman–Crippen MR) is 147 cm³/mol. The van der Waals surface area contributed by atoms with Crippen molar-refractivity contribution in [3.8, 4) is 32.5 Å². The summed E-state index contributed by atoms with van der Waals surface area (Å²) in [5.74, 6) is -0.180. The third-order valence-electron chi connectivity index (χ3n) is 7.89. The number of halogens is 3. The van der Waals surface area contributed by atoms with E-state index in [-0.39, 0.29) is 29.0 Å². The molecule has 2 heterocycles. The fraction of sp³-hybridized carbons (Fsp3) is 0.357. The van der Waals surface area contributed by atoms with Gasteiger partial charge in [0.1, 0.15) is 11.3 Å². The summed E-state index contributed by atoms with van der Waals surface area (Å²) < 4.78 is 63.6. The maximum absolute atomic E-state index is 14.2. The summed E-state index contributed by atoms with van der Waals surface area (Å²) >= 11 is 1.18. The number of phosphoric ester groups is 1. The maximum Gasteiger partial charge on any atom is 0.469 e. The molecule has 2 aromatic heterocycles. The first-order valence-electron chi connectivity index (χ1n) is 13.1. The highest BCUT2D eigenvalue weighted by Gasteiger charge is 2.42. The highest BCUT2D eigenvalue weighted by Crippen LogP contribution is 2.48. The van der Waals surface area contributed by atoms with Gasteiger partial charge in [0.05, 0.1) is 17.2 Å². The summed E-state index contributed by atoms with van der Waals surface area (Å²) in [5.41, 5.74) is 9.00. The third-order valence-corrected chi connectivity index (χ3v) is 9.54. The van der Waals surface area contributed by atoms with E-state index in [1.165, 1.54) is 11.3 Å². The number of hydrogen-bond donors (Lipinski definition) is 3. The van der Waals surface area contributed by atoms with Crippen LogP contribution in [0.25, 0.3) is 32.5 Å². The number of nitrogens with two attached hydrogens (primary N) is 1. The van der Waals surface area contributed by atoms with E-state index in [2.05, 4.69) is 20.7 Å². The zero-order valence-electron chi connectivity index (χ0n) is 21.7. The molecule has 216 valence electrons. The van der Waals surface area contributed by atoms with Gasteiger partial charge in [0.2, 0.25) is 5.76 Å². The normalized spacial score (nSPS) is 20.7. The van der Waals surface area contributed by atoms with E-state index >= 15 is 0 Å². The second kappa shape index (κ2) is 10.4. The number of aryl methyl sites for hydroxylation is 2. The Hall–Kier alpha value is -2.86. The first kappa shape index (κ1) is 28.3. The molecule has 2 aliphatic rings. The Labute approximate surface area is 237 Å². The zero-order chi connectivity index (χ0) is 29.0. The van der Waals surface area contributed by atoms with Crippen LogP contribution >= 0.6 is 19.2 Å². The summed E-state index contributed by atoms with van der Waals surface area (Å²) in [7, 11) is -4.53. The number of alkyl halides is 3. The molecule has 41 heavy (non-hydrogen) atoms. The lowest BCUT2D eigenvalue weighted by atomic mass is 9.87. The number of benzene rings is 2. The molecule has 4 N–H and O–H groups in total. The lowest BCUT2D eigenvalue weighted by Crippen LogP contribution is -2.37. The van der Waals surface area contributed by atoms with Crippen molar-refractivity contribution >= 4 is 19.2 Å². The minimum Gasteiger partial charge on any atom is -0.352 e. The molecular weight excluding hydrogens is 578 g/mol. The molecule has 0 radical (unpaired) electrons. The smallest absolute Gasteiger partial charge is 0.352 e. The molecule has 2 atom stereocenters. The summed E-state index contributed by atoms with van der Waals surface area (Å²) in [6, 6.07) is 14.3. The van der Waals surface area contributed by atoms with Crippen molar-refractivity contribution in [3.63, 3.8) is 0 Å². The largest absolute Gasteiger partial charge is 0.469 e. The van der Waals surface area contributed by atoms with Crippen molar-refractivity contribution in [3.05, 3.63) is 70.9 Å². The van der Waals surface area contributed by atoms with Gasteiger partial charge in [0, 0.05) is 11.1 Å². The van der Waals surface area contributed by atoms with E-state index in [0.717, 1.165) is 33.7 Å². The molecule has 0 aliphatic heterocycles. The van der Waals surface area contributed by atoms with Crippen LogP contribution in [0, 0.1) is 0 Å². The van der Waals surface area contributed by atoms with Crippen molar-refractivity contribution < 1.29 is 36.6 Å². The highest BCUT2D eigenvalue weighted by molar-refractivity contribution is 7.46. The van der Waals surface area contributed by atoms with Crippen molar-refractivity contribution in [2.45, 2.75) is 56.2 Å². The van der Waals surface area contributed by atoms with Crippen LogP contribution in [0.15, 0.2) is 53.1 Å². The minimum atomic E-state index is -4.68. The molecule has 1 fully saturated rings. The lowest BCUT2D eigenvalue weighted by molar-refractivity contribution is -0.136. The van der Waals surface area contributed by atoms with Crippen LogP contribution < -0.4 is 5.73 Å². The van der Waals surface area contributed by atoms with Gasteiger partial charge < -0.3 is 20.0 Å². The lowest BCUT2D eigenvalue weighted by Gasteiger charge is -2.24. The number of phosphoric acid groups is 1.